The van der Waals surface area contributed by atoms with Crippen molar-refractivity contribution < 1.29 is 9.13 Å². The Morgan fingerprint density at radius 3 is 3.00 bits per heavy atom. The molecule has 0 saturated heterocycles. The van der Waals surface area contributed by atoms with Crippen molar-refractivity contribution in [2.45, 2.75) is 6.92 Å². The van der Waals surface area contributed by atoms with Crippen LogP contribution in [0.5, 0.6) is 5.88 Å². The van der Waals surface area contributed by atoms with Crippen LogP contribution < -0.4 is 10.5 Å². The molecule has 2 N–H and O–H groups in total. The quantitative estimate of drug-likeness (QED) is 0.699. The third kappa shape index (κ3) is 1.80. The maximum Gasteiger partial charge on any atom is 0.216 e. The highest BCUT2D eigenvalue weighted by atomic mass is 19.1. The van der Waals surface area contributed by atoms with Gasteiger partial charge >= 0.3 is 0 Å². The first kappa shape index (κ1) is 7.78. The second-order valence-electron chi connectivity index (χ2n) is 1.98. The van der Waals surface area contributed by atoms with E-state index in [1.807, 2.05) is 0 Å². The molecule has 0 saturated carbocycles. The number of hydrogen-bond acceptors (Lipinski definition) is 3. The Hall–Kier alpha value is -1.32. The second kappa shape index (κ2) is 3.18. The van der Waals surface area contributed by atoms with E-state index in [1.54, 1.807) is 6.92 Å². The molecule has 60 valence electrons. The molecule has 1 heterocycles. The smallest absolute Gasteiger partial charge is 0.216 e. The van der Waals surface area contributed by atoms with Crippen molar-refractivity contribution in [3.63, 3.8) is 0 Å². The summed E-state index contributed by atoms with van der Waals surface area (Å²) in [7, 11) is 0. The van der Waals surface area contributed by atoms with Crippen LogP contribution in [0.3, 0.4) is 0 Å². The molecule has 0 spiro atoms. The Kier molecular flexibility index (Phi) is 2.25. The first-order chi connectivity index (χ1) is 5.24. The Labute approximate surface area is 64.0 Å². The van der Waals surface area contributed by atoms with Crippen LogP contribution in [0.4, 0.5) is 10.1 Å². The van der Waals surface area contributed by atoms with E-state index in [4.69, 9.17) is 10.5 Å². The van der Waals surface area contributed by atoms with Crippen molar-refractivity contribution in [2.24, 2.45) is 0 Å². The molecule has 3 nitrogen and oxygen atoms in total. The Morgan fingerprint density at radius 2 is 2.45 bits per heavy atom. The van der Waals surface area contributed by atoms with Gasteiger partial charge in [-0.3, -0.25) is 0 Å². The van der Waals surface area contributed by atoms with Gasteiger partial charge in [0, 0.05) is 6.07 Å². The molecule has 0 radical (unpaired) electrons. The summed E-state index contributed by atoms with van der Waals surface area (Å²) in [6, 6.07) is 1.17. The molecule has 0 aromatic carbocycles. The maximum atomic E-state index is 12.7. The van der Waals surface area contributed by atoms with E-state index >= 15 is 0 Å². The van der Waals surface area contributed by atoms with Gasteiger partial charge in [-0.25, -0.2) is 9.37 Å². The predicted octanol–water partition coefficient (Wildman–Crippen LogP) is 1.20. The minimum absolute atomic E-state index is 0.0356. The monoisotopic (exact) mass is 156 g/mol. The van der Waals surface area contributed by atoms with Crippen LogP contribution in [0.15, 0.2) is 12.3 Å². The lowest BCUT2D eigenvalue weighted by atomic mass is 10.4. The zero-order valence-corrected chi connectivity index (χ0v) is 6.17. The highest BCUT2D eigenvalue weighted by Crippen LogP contribution is 2.13. The normalized spacial score (nSPS) is 9.64. The fraction of sp³-hybridized carbons (Fsp3) is 0.286. The molecule has 1 aromatic heterocycles. The highest BCUT2D eigenvalue weighted by molar-refractivity contribution is 5.38. The predicted molar refractivity (Wildman–Crippen MR) is 39.8 cm³/mol. The van der Waals surface area contributed by atoms with E-state index < -0.39 is 5.82 Å². The number of pyridine rings is 1. The summed E-state index contributed by atoms with van der Waals surface area (Å²) < 4.78 is 17.6. The highest BCUT2D eigenvalue weighted by Gasteiger charge is 2.00. The average Bonchev–Trinajstić information content (AvgIpc) is 1.98. The molecular formula is C7H9FN2O. The van der Waals surface area contributed by atoms with Gasteiger partial charge in [-0.15, -0.1) is 0 Å². The van der Waals surface area contributed by atoms with Gasteiger partial charge in [0.15, 0.2) is 5.82 Å². The second-order valence-corrected chi connectivity index (χ2v) is 1.98. The molecule has 0 aliphatic heterocycles. The number of nitrogens with two attached hydrogens (primary N) is 1. The minimum atomic E-state index is -0.497. The molecule has 11 heavy (non-hydrogen) atoms. The van der Waals surface area contributed by atoms with Crippen molar-refractivity contribution in [1.29, 1.82) is 0 Å². The fourth-order valence-corrected chi connectivity index (χ4v) is 0.651. The average molecular weight is 156 g/mol. The lowest BCUT2D eigenvalue weighted by Crippen LogP contribution is -1.97. The van der Waals surface area contributed by atoms with Gasteiger partial charge in [0.2, 0.25) is 5.88 Å². The van der Waals surface area contributed by atoms with Crippen LogP contribution >= 0.6 is 0 Å². The van der Waals surface area contributed by atoms with Gasteiger partial charge in [0.1, 0.15) is 0 Å². The molecule has 0 bridgehead atoms. The summed E-state index contributed by atoms with van der Waals surface area (Å²) in [6.45, 7) is 2.27. The van der Waals surface area contributed by atoms with E-state index in [-0.39, 0.29) is 11.6 Å². The van der Waals surface area contributed by atoms with Gasteiger partial charge in [-0.1, -0.05) is 0 Å². The first-order valence-corrected chi connectivity index (χ1v) is 3.28. The number of halogens is 1. The summed E-state index contributed by atoms with van der Waals surface area (Å²) in [5, 5.41) is 0. The van der Waals surface area contributed by atoms with Gasteiger partial charge in [0.25, 0.3) is 0 Å². The summed E-state index contributed by atoms with van der Waals surface area (Å²) in [5.41, 5.74) is 5.23. The van der Waals surface area contributed by atoms with E-state index in [0.717, 1.165) is 0 Å². The molecule has 0 atom stereocenters. The molecule has 0 aliphatic rings. The number of rotatable bonds is 2. The van der Waals surface area contributed by atoms with Crippen LogP contribution in [0.25, 0.3) is 0 Å². The van der Waals surface area contributed by atoms with E-state index in [2.05, 4.69) is 4.98 Å². The third-order valence-corrected chi connectivity index (χ3v) is 1.15. The zero-order chi connectivity index (χ0) is 8.27. The van der Waals surface area contributed by atoms with Crippen molar-refractivity contribution >= 4 is 5.69 Å². The fourth-order valence-electron chi connectivity index (χ4n) is 0.651. The van der Waals surface area contributed by atoms with Crippen LogP contribution in [0.1, 0.15) is 6.92 Å². The topological polar surface area (TPSA) is 48.1 Å². The summed E-state index contributed by atoms with van der Waals surface area (Å²) >= 11 is 0. The summed E-state index contributed by atoms with van der Waals surface area (Å²) in [4.78, 5) is 3.74. The lowest BCUT2D eigenvalue weighted by Gasteiger charge is -2.01. The molecule has 4 heteroatoms. The number of anilines is 1. The van der Waals surface area contributed by atoms with Crippen LogP contribution in [0.2, 0.25) is 0 Å². The zero-order valence-electron chi connectivity index (χ0n) is 6.17. The molecule has 0 fully saturated rings. The van der Waals surface area contributed by atoms with Crippen molar-refractivity contribution in [2.75, 3.05) is 12.3 Å². The van der Waals surface area contributed by atoms with E-state index in [0.29, 0.717) is 6.61 Å². The summed E-state index contributed by atoms with van der Waals surface area (Å²) in [6.07, 6.45) is 1.24. The molecular weight excluding hydrogens is 147 g/mol. The Morgan fingerprint density at radius 1 is 1.73 bits per heavy atom. The number of hydrogen-bond donors (Lipinski definition) is 1. The van der Waals surface area contributed by atoms with Gasteiger partial charge in [0.05, 0.1) is 18.5 Å². The van der Waals surface area contributed by atoms with Crippen LogP contribution in [-0.2, 0) is 0 Å². The SMILES string of the molecule is CCOc1cc(F)c(N)cn1. The Bertz CT molecular complexity index is 252. The van der Waals surface area contributed by atoms with E-state index in [1.165, 1.54) is 12.3 Å². The lowest BCUT2D eigenvalue weighted by molar-refractivity contribution is 0.325. The Balaban J connectivity index is 2.86. The molecule has 0 unspecified atom stereocenters. The molecule has 1 aromatic rings. The van der Waals surface area contributed by atoms with Crippen LogP contribution in [-0.4, -0.2) is 11.6 Å². The van der Waals surface area contributed by atoms with Gasteiger partial charge < -0.3 is 10.5 Å². The molecule has 0 aliphatic carbocycles. The molecule has 0 amide bonds. The molecule has 1 rings (SSSR count). The van der Waals surface area contributed by atoms with Gasteiger partial charge in [-0.05, 0) is 6.92 Å². The maximum absolute atomic E-state index is 12.7. The number of aromatic nitrogens is 1. The third-order valence-electron chi connectivity index (χ3n) is 1.15. The van der Waals surface area contributed by atoms with Crippen molar-refractivity contribution in [1.82, 2.24) is 4.98 Å². The summed E-state index contributed by atoms with van der Waals surface area (Å²) in [5.74, 6) is -0.234. The van der Waals surface area contributed by atoms with E-state index in [9.17, 15) is 4.39 Å². The number of nitrogens with zero attached hydrogens (tertiary/aromatic N) is 1. The van der Waals surface area contributed by atoms with Crippen molar-refractivity contribution in [3.8, 4) is 5.88 Å². The van der Waals surface area contributed by atoms with Crippen molar-refractivity contribution in [3.05, 3.63) is 18.1 Å². The number of ether oxygens (including phenoxy) is 1. The number of nitrogen functional groups attached to an aromatic ring is 1. The minimum Gasteiger partial charge on any atom is -0.478 e. The van der Waals surface area contributed by atoms with Crippen LogP contribution in [0, 0.1) is 5.82 Å². The van der Waals surface area contributed by atoms with Gasteiger partial charge in [-0.2, -0.15) is 0 Å². The largest absolute Gasteiger partial charge is 0.478 e. The first-order valence-electron chi connectivity index (χ1n) is 3.28. The standard InChI is InChI=1S/C7H9FN2O/c1-2-11-7-3-5(8)6(9)4-10-7/h3-4H,2,9H2,1H3.